The molecule has 0 unspecified atom stereocenters. The molecule has 2 aromatic carbocycles. The van der Waals surface area contributed by atoms with Gasteiger partial charge in [-0.25, -0.2) is 0 Å². The zero-order chi connectivity index (χ0) is 14.3. The first-order valence-electron chi connectivity index (χ1n) is 6.80. The molecule has 0 spiro atoms. The lowest BCUT2D eigenvalue weighted by molar-refractivity contribution is 0.0994. The molecule has 0 fully saturated rings. The summed E-state index contributed by atoms with van der Waals surface area (Å²) in [7, 11) is 0. The molecular weight excluding hydrogens is 314 g/mol. The summed E-state index contributed by atoms with van der Waals surface area (Å²) in [5.41, 5.74) is 5.26. The third-order valence-corrected chi connectivity index (χ3v) is 4.24. The van der Waals surface area contributed by atoms with Gasteiger partial charge < -0.3 is 4.90 Å². The van der Waals surface area contributed by atoms with Gasteiger partial charge in [-0.1, -0.05) is 33.6 Å². The number of anilines is 2. The molecule has 0 atom stereocenters. The number of hydrogen-bond donors (Lipinski definition) is 0. The van der Waals surface area contributed by atoms with Crippen LogP contribution in [0.3, 0.4) is 0 Å². The summed E-state index contributed by atoms with van der Waals surface area (Å²) in [6, 6.07) is 12.3. The minimum Gasteiger partial charge on any atom is -0.341 e. The van der Waals surface area contributed by atoms with Gasteiger partial charge in [-0.2, -0.15) is 0 Å². The Labute approximate surface area is 127 Å². The van der Waals surface area contributed by atoms with Crippen molar-refractivity contribution in [3.8, 4) is 0 Å². The summed E-state index contributed by atoms with van der Waals surface area (Å²) in [6.45, 7) is 5.03. The normalized spacial score (nSPS) is 13.8. The summed E-state index contributed by atoms with van der Waals surface area (Å²) in [6.07, 6.45) is 0.469. The molecule has 0 radical (unpaired) electrons. The molecule has 0 saturated carbocycles. The van der Waals surface area contributed by atoms with Gasteiger partial charge >= 0.3 is 0 Å². The topological polar surface area (TPSA) is 20.3 Å². The van der Waals surface area contributed by atoms with E-state index < -0.39 is 0 Å². The second-order valence-electron chi connectivity index (χ2n) is 5.14. The van der Waals surface area contributed by atoms with E-state index in [2.05, 4.69) is 52.9 Å². The molecule has 1 heterocycles. The molecule has 3 rings (SSSR count). The second-order valence-corrected chi connectivity index (χ2v) is 6.05. The molecule has 0 N–H and O–H groups in total. The van der Waals surface area contributed by atoms with Gasteiger partial charge in [-0.3, -0.25) is 4.79 Å². The summed E-state index contributed by atoms with van der Waals surface area (Å²) in [4.78, 5) is 14.8. The molecule has 0 amide bonds. The third kappa shape index (κ3) is 2.16. The van der Waals surface area contributed by atoms with Crippen molar-refractivity contribution < 1.29 is 4.79 Å². The fraction of sp³-hybridized carbons (Fsp3) is 0.235. The highest BCUT2D eigenvalue weighted by atomic mass is 79.9. The number of carbonyl (C=O) groups is 1. The largest absolute Gasteiger partial charge is 0.341 e. The van der Waals surface area contributed by atoms with Crippen molar-refractivity contribution in [1.29, 1.82) is 0 Å². The first kappa shape index (κ1) is 13.4. The van der Waals surface area contributed by atoms with Gasteiger partial charge in [0.15, 0.2) is 5.78 Å². The number of ketones is 1. The van der Waals surface area contributed by atoms with Gasteiger partial charge in [0, 0.05) is 28.7 Å². The number of carbonyl (C=O) groups excluding carboxylic acids is 1. The number of aryl methyl sites for hydroxylation is 1. The fourth-order valence-electron chi connectivity index (χ4n) is 2.82. The van der Waals surface area contributed by atoms with E-state index >= 15 is 0 Å². The van der Waals surface area contributed by atoms with Gasteiger partial charge in [0.2, 0.25) is 0 Å². The molecule has 2 nitrogen and oxygen atoms in total. The first-order valence-corrected chi connectivity index (χ1v) is 7.59. The van der Waals surface area contributed by atoms with E-state index in [1.54, 1.807) is 0 Å². The highest BCUT2D eigenvalue weighted by Crippen LogP contribution is 2.37. The Morgan fingerprint density at radius 3 is 2.65 bits per heavy atom. The van der Waals surface area contributed by atoms with Gasteiger partial charge in [0.1, 0.15) is 0 Å². The van der Waals surface area contributed by atoms with Crippen LogP contribution in [0.2, 0.25) is 0 Å². The summed E-state index contributed by atoms with van der Waals surface area (Å²) >= 11 is 3.46. The quantitative estimate of drug-likeness (QED) is 0.758. The Bertz CT molecular complexity index is 693. The zero-order valence-corrected chi connectivity index (χ0v) is 13.2. The van der Waals surface area contributed by atoms with E-state index in [1.807, 2.05) is 18.2 Å². The van der Waals surface area contributed by atoms with E-state index in [0.717, 1.165) is 33.5 Å². The van der Waals surface area contributed by atoms with Crippen molar-refractivity contribution in [1.82, 2.24) is 0 Å². The van der Waals surface area contributed by atoms with Crippen LogP contribution in [0.4, 0.5) is 11.4 Å². The number of halogens is 1. The Balaban J connectivity index is 2.25. The van der Waals surface area contributed by atoms with Crippen molar-refractivity contribution in [3.63, 3.8) is 0 Å². The van der Waals surface area contributed by atoms with E-state index in [-0.39, 0.29) is 5.78 Å². The maximum Gasteiger partial charge on any atom is 0.169 e. The van der Waals surface area contributed by atoms with Gasteiger partial charge in [0.25, 0.3) is 0 Å². The fourth-order valence-corrected chi connectivity index (χ4v) is 3.19. The predicted molar refractivity (Wildman–Crippen MR) is 86.0 cm³/mol. The molecule has 0 aliphatic carbocycles. The molecule has 1 aliphatic heterocycles. The standard InChI is InChI=1S/C17H16BrNO/c1-3-19-15-6-4-11(2)8-12(15)9-17(20)14-10-13(18)5-7-16(14)19/h4-8,10H,3,9H2,1-2H3. The molecule has 3 heteroatoms. The number of hydrogen-bond acceptors (Lipinski definition) is 2. The molecule has 1 aliphatic rings. The van der Waals surface area contributed by atoms with Crippen molar-refractivity contribution in [2.24, 2.45) is 0 Å². The summed E-state index contributed by atoms with van der Waals surface area (Å²) in [5, 5.41) is 0. The third-order valence-electron chi connectivity index (χ3n) is 3.74. The van der Waals surface area contributed by atoms with E-state index in [4.69, 9.17) is 0 Å². The average Bonchev–Trinajstić information content (AvgIpc) is 2.53. The number of rotatable bonds is 1. The Morgan fingerprint density at radius 2 is 1.90 bits per heavy atom. The Kier molecular flexibility index (Phi) is 3.38. The van der Waals surface area contributed by atoms with Crippen LogP contribution in [0.15, 0.2) is 40.9 Å². The lowest BCUT2D eigenvalue weighted by Gasteiger charge is -2.25. The monoisotopic (exact) mass is 329 g/mol. The summed E-state index contributed by atoms with van der Waals surface area (Å²) in [5.74, 6) is 0.184. The van der Waals surface area contributed by atoms with Gasteiger partial charge in [0.05, 0.1) is 5.69 Å². The van der Waals surface area contributed by atoms with Gasteiger partial charge in [-0.05, 0) is 43.7 Å². The van der Waals surface area contributed by atoms with Crippen LogP contribution in [-0.2, 0) is 6.42 Å². The SMILES string of the molecule is CCN1c2ccc(C)cc2CC(=O)c2cc(Br)ccc21. The van der Waals surface area contributed by atoms with Crippen LogP contribution in [0, 0.1) is 6.92 Å². The van der Waals surface area contributed by atoms with E-state index in [0.29, 0.717) is 6.42 Å². The second kappa shape index (κ2) is 5.06. The van der Waals surface area contributed by atoms with Crippen LogP contribution in [0.25, 0.3) is 0 Å². The molecule has 0 saturated heterocycles. The number of fused-ring (bicyclic) bond motifs is 2. The molecular formula is C17H16BrNO. The minimum atomic E-state index is 0.184. The molecule has 0 aromatic heterocycles. The van der Waals surface area contributed by atoms with Crippen LogP contribution < -0.4 is 4.90 Å². The molecule has 20 heavy (non-hydrogen) atoms. The maximum absolute atomic E-state index is 12.5. The number of Topliss-reactive ketones (excluding diaryl/α,β-unsaturated/α-hetero) is 1. The zero-order valence-electron chi connectivity index (χ0n) is 11.6. The van der Waals surface area contributed by atoms with Crippen LogP contribution >= 0.6 is 15.9 Å². The minimum absolute atomic E-state index is 0.184. The highest BCUT2D eigenvalue weighted by Gasteiger charge is 2.24. The maximum atomic E-state index is 12.5. The number of benzene rings is 2. The Morgan fingerprint density at radius 1 is 1.15 bits per heavy atom. The van der Waals surface area contributed by atoms with Crippen LogP contribution in [-0.4, -0.2) is 12.3 Å². The Hall–Kier alpha value is -1.61. The molecule has 102 valence electrons. The van der Waals surface area contributed by atoms with Gasteiger partial charge in [-0.15, -0.1) is 0 Å². The lowest BCUT2D eigenvalue weighted by atomic mass is 10.0. The molecule has 2 aromatic rings. The first-order chi connectivity index (χ1) is 9.60. The van der Waals surface area contributed by atoms with E-state index in [9.17, 15) is 4.79 Å². The smallest absolute Gasteiger partial charge is 0.169 e. The highest BCUT2D eigenvalue weighted by molar-refractivity contribution is 9.10. The van der Waals surface area contributed by atoms with Crippen molar-refractivity contribution in [2.75, 3.05) is 11.4 Å². The van der Waals surface area contributed by atoms with Crippen LogP contribution in [0.5, 0.6) is 0 Å². The summed E-state index contributed by atoms with van der Waals surface area (Å²) < 4.78 is 0.947. The van der Waals surface area contributed by atoms with Crippen molar-refractivity contribution in [3.05, 3.63) is 57.6 Å². The number of nitrogens with zero attached hydrogens (tertiary/aromatic N) is 1. The molecule has 0 bridgehead atoms. The van der Waals surface area contributed by atoms with Crippen LogP contribution in [0.1, 0.15) is 28.4 Å². The van der Waals surface area contributed by atoms with Crippen molar-refractivity contribution >= 4 is 33.1 Å². The lowest BCUT2D eigenvalue weighted by Crippen LogP contribution is -2.17. The predicted octanol–water partition coefficient (Wildman–Crippen LogP) is 4.65. The van der Waals surface area contributed by atoms with Crippen molar-refractivity contribution in [2.45, 2.75) is 20.3 Å². The van der Waals surface area contributed by atoms with E-state index in [1.165, 1.54) is 5.56 Å². The average molecular weight is 330 g/mol.